The van der Waals surface area contributed by atoms with Crippen LogP contribution in [0.15, 0.2) is 24.5 Å². The number of esters is 1. The van der Waals surface area contributed by atoms with Crippen LogP contribution in [0.5, 0.6) is 0 Å². The maximum atomic E-state index is 11.7. The lowest BCUT2D eigenvalue weighted by Gasteiger charge is -2.20. The molecule has 0 aliphatic rings. The second kappa shape index (κ2) is 7.35. The number of ether oxygens (including phenoxy) is 1. The minimum atomic E-state index is -0.654. The molecule has 0 aromatic carbocycles. The Labute approximate surface area is 112 Å². The number of pyridine rings is 1. The number of carbonyl (C=O) groups is 2. The molecule has 104 valence electrons. The van der Waals surface area contributed by atoms with Crippen LogP contribution in [-0.4, -0.2) is 30.1 Å². The molecule has 2 N–H and O–H groups in total. The van der Waals surface area contributed by atoms with Crippen molar-refractivity contribution in [3.8, 4) is 0 Å². The zero-order chi connectivity index (χ0) is 14.3. The fourth-order valence-electron chi connectivity index (χ4n) is 1.50. The molecule has 19 heavy (non-hydrogen) atoms. The predicted octanol–water partition coefficient (Wildman–Crippen LogP) is 1.08. The zero-order valence-electron chi connectivity index (χ0n) is 11.3. The van der Waals surface area contributed by atoms with Crippen LogP contribution in [-0.2, 0) is 16.1 Å². The van der Waals surface area contributed by atoms with Crippen LogP contribution in [0, 0.1) is 5.92 Å². The average Bonchev–Trinajstić information content (AvgIpc) is 2.42. The molecule has 0 saturated heterocycles. The van der Waals surface area contributed by atoms with E-state index in [4.69, 9.17) is 0 Å². The van der Waals surface area contributed by atoms with E-state index in [2.05, 4.69) is 20.4 Å². The van der Waals surface area contributed by atoms with Crippen molar-refractivity contribution in [1.82, 2.24) is 15.6 Å². The van der Waals surface area contributed by atoms with E-state index in [1.54, 1.807) is 18.5 Å². The Hall–Kier alpha value is -2.11. The van der Waals surface area contributed by atoms with Gasteiger partial charge in [-0.25, -0.2) is 9.59 Å². The minimum absolute atomic E-state index is 0.0448. The normalized spacial score (nSPS) is 11.8. The Morgan fingerprint density at radius 2 is 2.16 bits per heavy atom. The molecule has 1 heterocycles. The lowest BCUT2D eigenvalue weighted by molar-refractivity contribution is -0.143. The highest BCUT2D eigenvalue weighted by atomic mass is 16.5. The quantitative estimate of drug-likeness (QED) is 0.781. The molecule has 0 aliphatic carbocycles. The van der Waals surface area contributed by atoms with Gasteiger partial charge >= 0.3 is 12.0 Å². The molecule has 0 fully saturated rings. The number of aromatic nitrogens is 1. The van der Waals surface area contributed by atoms with Gasteiger partial charge < -0.3 is 15.4 Å². The first-order valence-electron chi connectivity index (χ1n) is 6.05. The smallest absolute Gasteiger partial charge is 0.328 e. The van der Waals surface area contributed by atoms with Gasteiger partial charge in [-0.15, -0.1) is 0 Å². The van der Waals surface area contributed by atoms with Crippen LogP contribution in [0.1, 0.15) is 19.4 Å². The van der Waals surface area contributed by atoms with Gasteiger partial charge in [0, 0.05) is 18.9 Å². The molecule has 0 aliphatic heterocycles. The average molecular weight is 265 g/mol. The lowest BCUT2D eigenvalue weighted by atomic mass is 10.1. The summed E-state index contributed by atoms with van der Waals surface area (Å²) in [5, 5.41) is 5.26. The van der Waals surface area contributed by atoms with Crippen LogP contribution in [0.2, 0.25) is 0 Å². The molecule has 0 radical (unpaired) electrons. The van der Waals surface area contributed by atoms with Gasteiger partial charge in [0.1, 0.15) is 6.04 Å². The summed E-state index contributed by atoms with van der Waals surface area (Å²) in [5.41, 5.74) is 0.886. The van der Waals surface area contributed by atoms with Gasteiger partial charge in [-0.1, -0.05) is 19.9 Å². The number of hydrogen-bond donors (Lipinski definition) is 2. The number of nitrogens with zero attached hydrogens (tertiary/aromatic N) is 1. The predicted molar refractivity (Wildman–Crippen MR) is 70.3 cm³/mol. The minimum Gasteiger partial charge on any atom is -0.467 e. The summed E-state index contributed by atoms with van der Waals surface area (Å²) in [6.07, 6.45) is 3.33. The molecule has 1 aromatic heterocycles. The molecular weight excluding hydrogens is 246 g/mol. The van der Waals surface area contributed by atoms with E-state index in [1.165, 1.54) is 7.11 Å². The third-order valence-corrected chi connectivity index (χ3v) is 2.58. The fraction of sp³-hybridized carbons (Fsp3) is 0.462. The van der Waals surface area contributed by atoms with E-state index in [-0.39, 0.29) is 5.92 Å². The summed E-state index contributed by atoms with van der Waals surface area (Å²) >= 11 is 0. The van der Waals surface area contributed by atoms with Crippen molar-refractivity contribution in [3.63, 3.8) is 0 Å². The van der Waals surface area contributed by atoms with Crippen molar-refractivity contribution in [1.29, 1.82) is 0 Å². The van der Waals surface area contributed by atoms with Crippen molar-refractivity contribution in [2.24, 2.45) is 5.92 Å². The van der Waals surface area contributed by atoms with Gasteiger partial charge in [0.25, 0.3) is 0 Å². The van der Waals surface area contributed by atoms with Gasteiger partial charge in [0.15, 0.2) is 0 Å². The van der Waals surface area contributed by atoms with Crippen molar-refractivity contribution < 1.29 is 14.3 Å². The van der Waals surface area contributed by atoms with Crippen LogP contribution >= 0.6 is 0 Å². The first-order valence-corrected chi connectivity index (χ1v) is 6.05. The summed E-state index contributed by atoms with van der Waals surface area (Å²) in [6.45, 7) is 4.03. The highest BCUT2D eigenvalue weighted by molar-refractivity contribution is 5.83. The molecule has 2 amide bonds. The summed E-state index contributed by atoms with van der Waals surface area (Å²) in [7, 11) is 1.30. The maximum Gasteiger partial charge on any atom is 0.328 e. The van der Waals surface area contributed by atoms with Crippen molar-refractivity contribution >= 4 is 12.0 Å². The molecule has 6 heteroatoms. The molecule has 6 nitrogen and oxygen atoms in total. The van der Waals surface area contributed by atoms with Gasteiger partial charge in [0.2, 0.25) is 0 Å². The molecule has 1 unspecified atom stereocenters. The molecule has 1 rings (SSSR count). The Kier molecular flexibility index (Phi) is 5.78. The fourth-order valence-corrected chi connectivity index (χ4v) is 1.50. The molecule has 0 spiro atoms. The van der Waals surface area contributed by atoms with E-state index in [9.17, 15) is 9.59 Å². The van der Waals surface area contributed by atoms with Crippen molar-refractivity contribution in [3.05, 3.63) is 30.1 Å². The first kappa shape index (κ1) is 14.9. The Morgan fingerprint density at radius 1 is 1.42 bits per heavy atom. The second-order valence-corrected chi connectivity index (χ2v) is 4.43. The van der Waals surface area contributed by atoms with Crippen LogP contribution in [0.25, 0.3) is 0 Å². The van der Waals surface area contributed by atoms with E-state index in [1.807, 2.05) is 19.9 Å². The SMILES string of the molecule is COC(=O)C(NC(=O)NCc1cccnc1)C(C)C. The van der Waals surface area contributed by atoms with Crippen LogP contribution < -0.4 is 10.6 Å². The number of nitrogens with one attached hydrogen (secondary N) is 2. The molecule has 0 saturated carbocycles. The van der Waals surface area contributed by atoms with Crippen LogP contribution in [0.4, 0.5) is 4.79 Å². The van der Waals surface area contributed by atoms with Gasteiger partial charge in [-0.3, -0.25) is 4.98 Å². The van der Waals surface area contributed by atoms with Gasteiger partial charge in [0.05, 0.1) is 7.11 Å². The Morgan fingerprint density at radius 3 is 2.68 bits per heavy atom. The second-order valence-electron chi connectivity index (χ2n) is 4.43. The van der Waals surface area contributed by atoms with E-state index >= 15 is 0 Å². The van der Waals surface area contributed by atoms with Crippen molar-refractivity contribution in [2.45, 2.75) is 26.4 Å². The summed E-state index contributed by atoms with van der Waals surface area (Å²) in [5.74, 6) is -0.497. The summed E-state index contributed by atoms with van der Waals surface area (Å²) < 4.78 is 4.65. The van der Waals surface area contributed by atoms with Crippen molar-refractivity contribution in [2.75, 3.05) is 7.11 Å². The number of methoxy groups -OCH3 is 1. The lowest BCUT2D eigenvalue weighted by Crippen LogP contribution is -2.48. The molecular formula is C13H19N3O3. The zero-order valence-corrected chi connectivity index (χ0v) is 11.3. The molecule has 0 bridgehead atoms. The number of rotatable bonds is 5. The molecule has 1 aromatic rings. The van der Waals surface area contributed by atoms with Gasteiger partial charge in [-0.2, -0.15) is 0 Å². The number of hydrogen-bond acceptors (Lipinski definition) is 4. The summed E-state index contributed by atoms with van der Waals surface area (Å²) in [6, 6.07) is 2.58. The van der Waals surface area contributed by atoms with Crippen LogP contribution in [0.3, 0.4) is 0 Å². The highest BCUT2D eigenvalue weighted by Gasteiger charge is 2.24. The maximum absolute atomic E-state index is 11.7. The van der Waals surface area contributed by atoms with E-state index < -0.39 is 18.0 Å². The number of carbonyl (C=O) groups excluding carboxylic acids is 2. The monoisotopic (exact) mass is 265 g/mol. The number of amides is 2. The highest BCUT2D eigenvalue weighted by Crippen LogP contribution is 2.03. The Bertz CT molecular complexity index is 420. The summed E-state index contributed by atoms with van der Waals surface area (Å²) in [4.78, 5) is 27.1. The largest absolute Gasteiger partial charge is 0.467 e. The van der Waals surface area contributed by atoms with E-state index in [0.29, 0.717) is 6.54 Å². The first-order chi connectivity index (χ1) is 9.04. The topological polar surface area (TPSA) is 80.3 Å². The van der Waals surface area contributed by atoms with Gasteiger partial charge in [-0.05, 0) is 17.5 Å². The third-order valence-electron chi connectivity index (χ3n) is 2.58. The third kappa shape index (κ3) is 4.95. The number of urea groups is 1. The van der Waals surface area contributed by atoms with E-state index in [0.717, 1.165) is 5.56 Å². The standard InChI is InChI=1S/C13H19N3O3/c1-9(2)11(12(17)19-3)16-13(18)15-8-10-5-4-6-14-7-10/h4-7,9,11H,8H2,1-3H3,(H2,15,16,18). The molecule has 1 atom stereocenters. The Balaban J connectivity index is 2.47.